The van der Waals surface area contributed by atoms with E-state index in [9.17, 15) is 4.39 Å². The highest BCUT2D eigenvalue weighted by Crippen LogP contribution is 2.24. The van der Waals surface area contributed by atoms with Gasteiger partial charge in [0.25, 0.3) is 0 Å². The van der Waals surface area contributed by atoms with E-state index < -0.39 is 0 Å². The molecule has 0 bridgehead atoms. The first-order valence-corrected chi connectivity index (χ1v) is 6.09. The second-order valence-electron chi connectivity index (χ2n) is 4.07. The Bertz CT molecular complexity index is 516. The topological polar surface area (TPSA) is 24.9 Å². The van der Waals surface area contributed by atoms with Crippen molar-refractivity contribution in [3.8, 4) is 0 Å². The lowest BCUT2D eigenvalue weighted by molar-refractivity contribution is 0.533. The van der Waals surface area contributed by atoms with E-state index in [1.54, 1.807) is 31.6 Å². The number of aromatic nitrogens is 1. The molecule has 2 nitrogen and oxygen atoms in total. The number of rotatable bonds is 4. The van der Waals surface area contributed by atoms with Crippen LogP contribution in [0.2, 0.25) is 5.02 Å². The Morgan fingerprint density at radius 3 is 2.89 bits per heavy atom. The average molecular weight is 265 g/mol. The first-order valence-electron chi connectivity index (χ1n) is 5.72. The third-order valence-corrected chi connectivity index (χ3v) is 3.08. The van der Waals surface area contributed by atoms with E-state index in [0.717, 1.165) is 5.56 Å². The van der Waals surface area contributed by atoms with E-state index in [2.05, 4.69) is 10.3 Å². The number of likely N-dealkylation sites (N-methyl/N-ethyl adjacent to an activating group) is 1. The molecule has 1 N–H and O–H groups in total. The summed E-state index contributed by atoms with van der Waals surface area (Å²) in [6.45, 7) is 0. The summed E-state index contributed by atoms with van der Waals surface area (Å²) in [4.78, 5) is 4.06. The van der Waals surface area contributed by atoms with Crippen LogP contribution in [-0.2, 0) is 6.42 Å². The van der Waals surface area contributed by atoms with Crippen molar-refractivity contribution in [2.24, 2.45) is 0 Å². The van der Waals surface area contributed by atoms with Gasteiger partial charge < -0.3 is 5.32 Å². The van der Waals surface area contributed by atoms with Gasteiger partial charge in [-0.15, -0.1) is 0 Å². The Morgan fingerprint density at radius 2 is 2.22 bits per heavy atom. The van der Waals surface area contributed by atoms with Gasteiger partial charge in [0.1, 0.15) is 5.82 Å². The molecule has 0 aliphatic heterocycles. The summed E-state index contributed by atoms with van der Waals surface area (Å²) < 4.78 is 13.8. The number of hydrogen-bond donors (Lipinski definition) is 1. The molecular formula is C14H14ClFN2. The van der Waals surface area contributed by atoms with Gasteiger partial charge in [-0.25, -0.2) is 4.39 Å². The van der Waals surface area contributed by atoms with Crippen LogP contribution in [0.5, 0.6) is 0 Å². The highest BCUT2D eigenvalue weighted by atomic mass is 35.5. The van der Waals surface area contributed by atoms with Crippen LogP contribution < -0.4 is 5.32 Å². The molecule has 0 fully saturated rings. The minimum Gasteiger partial charge on any atom is -0.313 e. The molecule has 2 rings (SSSR count). The molecule has 1 unspecified atom stereocenters. The molecule has 0 spiro atoms. The van der Waals surface area contributed by atoms with Crippen LogP contribution in [-0.4, -0.2) is 12.0 Å². The molecule has 2 aromatic rings. The molecule has 0 saturated heterocycles. The Labute approximate surface area is 111 Å². The summed E-state index contributed by atoms with van der Waals surface area (Å²) in [5.74, 6) is -0.248. The molecule has 0 saturated carbocycles. The number of halogens is 2. The van der Waals surface area contributed by atoms with Crippen molar-refractivity contribution in [3.05, 3.63) is 64.7 Å². The third kappa shape index (κ3) is 3.06. The molecule has 1 heterocycles. The van der Waals surface area contributed by atoms with Crippen molar-refractivity contribution in [3.63, 3.8) is 0 Å². The molecule has 18 heavy (non-hydrogen) atoms. The molecular weight excluding hydrogens is 251 g/mol. The fourth-order valence-electron chi connectivity index (χ4n) is 1.90. The molecule has 1 atom stereocenters. The summed E-state index contributed by atoms with van der Waals surface area (Å²) >= 11 is 5.91. The lowest BCUT2D eigenvalue weighted by atomic mass is 9.99. The summed E-state index contributed by atoms with van der Waals surface area (Å²) in [5, 5.41) is 3.65. The highest BCUT2D eigenvalue weighted by molar-refractivity contribution is 6.30. The Kier molecular flexibility index (Phi) is 4.28. The Morgan fingerprint density at radius 1 is 1.39 bits per heavy atom. The third-order valence-electron chi connectivity index (χ3n) is 2.84. The molecule has 0 aliphatic rings. The zero-order chi connectivity index (χ0) is 13.0. The maximum Gasteiger partial charge on any atom is 0.128 e. The monoisotopic (exact) mass is 264 g/mol. The summed E-state index contributed by atoms with van der Waals surface area (Å²) in [6, 6.07) is 8.33. The molecule has 0 amide bonds. The van der Waals surface area contributed by atoms with Crippen LogP contribution in [0.25, 0.3) is 0 Å². The van der Waals surface area contributed by atoms with Crippen molar-refractivity contribution in [1.82, 2.24) is 10.3 Å². The highest BCUT2D eigenvalue weighted by Gasteiger charge is 2.15. The molecule has 94 valence electrons. The summed E-state index contributed by atoms with van der Waals surface area (Å²) in [7, 11) is 1.81. The van der Waals surface area contributed by atoms with Gasteiger partial charge in [0.05, 0.1) is 0 Å². The number of nitrogens with zero attached hydrogens (tertiary/aromatic N) is 1. The molecule has 4 heteroatoms. The van der Waals surface area contributed by atoms with Crippen LogP contribution in [0.15, 0.2) is 42.7 Å². The maximum absolute atomic E-state index is 13.8. The summed E-state index contributed by atoms with van der Waals surface area (Å²) in [6.07, 6.45) is 4.17. The van der Waals surface area contributed by atoms with Gasteiger partial charge in [-0.2, -0.15) is 0 Å². The zero-order valence-corrected chi connectivity index (χ0v) is 10.8. The van der Waals surface area contributed by atoms with Crippen LogP contribution in [0, 0.1) is 5.82 Å². The quantitative estimate of drug-likeness (QED) is 0.916. The molecule has 1 aromatic heterocycles. The van der Waals surface area contributed by atoms with E-state index in [0.29, 0.717) is 17.0 Å². The molecule has 0 aliphatic carbocycles. The largest absolute Gasteiger partial charge is 0.313 e. The lowest BCUT2D eigenvalue weighted by Crippen LogP contribution is -2.20. The van der Waals surface area contributed by atoms with Crippen molar-refractivity contribution in [1.29, 1.82) is 0 Å². The SMILES string of the molecule is CNC(Cc1cccnc1)c1cc(Cl)ccc1F. The van der Waals surface area contributed by atoms with Gasteiger partial charge >= 0.3 is 0 Å². The van der Waals surface area contributed by atoms with Gasteiger partial charge in [-0.3, -0.25) is 4.98 Å². The van der Waals surface area contributed by atoms with E-state index in [4.69, 9.17) is 11.6 Å². The Hall–Kier alpha value is -1.45. The van der Waals surface area contributed by atoms with E-state index in [-0.39, 0.29) is 11.9 Å². The van der Waals surface area contributed by atoms with Gasteiger partial charge in [0, 0.05) is 29.0 Å². The maximum atomic E-state index is 13.8. The second kappa shape index (κ2) is 5.94. The minimum atomic E-state index is -0.248. The number of pyridine rings is 1. The van der Waals surface area contributed by atoms with Crippen molar-refractivity contribution in [2.45, 2.75) is 12.5 Å². The fraction of sp³-hybridized carbons (Fsp3) is 0.214. The number of nitrogens with one attached hydrogen (secondary N) is 1. The summed E-state index contributed by atoms with van der Waals surface area (Å²) in [5.41, 5.74) is 1.63. The van der Waals surface area contributed by atoms with E-state index in [1.165, 1.54) is 6.07 Å². The molecule has 1 aromatic carbocycles. The normalized spacial score (nSPS) is 12.4. The predicted molar refractivity (Wildman–Crippen MR) is 71.2 cm³/mol. The van der Waals surface area contributed by atoms with Crippen molar-refractivity contribution >= 4 is 11.6 Å². The van der Waals surface area contributed by atoms with Crippen LogP contribution in [0.1, 0.15) is 17.2 Å². The molecule has 0 radical (unpaired) electrons. The van der Waals surface area contributed by atoms with Crippen molar-refractivity contribution < 1.29 is 4.39 Å². The standard InChI is InChI=1S/C14H14ClFN2/c1-17-14(7-10-3-2-6-18-9-10)12-8-11(15)4-5-13(12)16/h2-6,8-9,14,17H,7H2,1H3. The Balaban J connectivity index is 2.26. The number of benzene rings is 1. The van der Waals surface area contributed by atoms with Crippen LogP contribution in [0.4, 0.5) is 4.39 Å². The van der Waals surface area contributed by atoms with Crippen molar-refractivity contribution in [2.75, 3.05) is 7.05 Å². The number of hydrogen-bond acceptors (Lipinski definition) is 2. The van der Waals surface area contributed by atoms with Crippen LogP contribution >= 0.6 is 11.6 Å². The first kappa shape index (κ1) is 13.0. The minimum absolute atomic E-state index is 0.118. The van der Waals surface area contributed by atoms with E-state index in [1.807, 2.05) is 12.1 Å². The average Bonchev–Trinajstić information content (AvgIpc) is 2.40. The van der Waals surface area contributed by atoms with Crippen LogP contribution in [0.3, 0.4) is 0 Å². The first-order chi connectivity index (χ1) is 8.70. The fourth-order valence-corrected chi connectivity index (χ4v) is 2.08. The van der Waals surface area contributed by atoms with E-state index >= 15 is 0 Å². The van der Waals surface area contributed by atoms with Gasteiger partial charge in [0.15, 0.2) is 0 Å². The lowest BCUT2D eigenvalue weighted by Gasteiger charge is -2.17. The smallest absolute Gasteiger partial charge is 0.128 e. The van der Waals surface area contributed by atoms with Gasteiger partial charge in [-0.05, 0) is 43.3 Å². The predicted octanol–water partition coefficient (Wildman–Crippen LogP) is 3.38. The van der Waals surface area contributed by atoms with Gasteiger partial charge in [-0.1, -0.05) is 17.7 Å². The zero-order valence-electron chi connectivity index (χ0n) is 10.0. The van der Waals surface area contributed by atoms with Gasteiger partial charge in [0.2, 0.25) is 0 Å². The second-order valence-corrected chi connectivity index (χ2v) is 4.51.